The summed E-state index contributed by atoms with van der Waals surface area (Å²) in [6, 6.07) is 0. The van der Waals surface area contributed by atoms with Crippen LogP contribution in [0.1, 0.15) is 62.1 Å². The highest BCUT2D eigenvalue weighted by molar-refractivity contribution is 7.09. The molecule has 1 aromatic rings. The molecule has 22 heavy (non-hydrogen) atoms. The number of piperidine rings is 1. The summed E-state index contributed by atoms with van der Waals surface area (Å²) in [4.78, 5) is 19.2. The molecule has 1 amide bonds. The van der Waals surface area contributed by atoms with E-state index in [9.17, 15) is 4.79 Å². The van der Waals surface area contributed by atoms with Crippen molar-refractivity contribution in [3.8, 4) is 0 Å². The molecule has 3 rings (SSSR count). The lowest BCUT2D eigenvalue weighted by Gasteiger charge is -2.32. The van der Waals surface area contributed by atoms with Crippen LogP contribution in [0.3, 0.4) is 0 Å². The predicted molar refractivity (Wildman–Crippen MR) is 88.3 cm³/mol. The summed E-state index contributed by atoms with van der Waals surface area (Å²) in [5.41, 5.74) is 1.18. The Morgan fingerprint density at radius 1 is 1.45 bits per heavy atom. The van der Waals surface area contributed by atoms with E-state index < -0.39 is 0 Å². The Bertz CT molecular complexity index is 497. The van der Waals surface area contributed by atoms with Gasteiger partial charge in [0.15, 0.2) is 0 Å². The third kappa shape index (κ3) is 3.87. The van der Waals surface area contributed by atoms with E-state index >= 15 is 0 Å². The summed E-state index contributed by atoms with van der Waals surface area (Å²) < 4.78 is 5.62. The Balaban J connectivity index is 1.51. The molecule has 0 radical (unpaired) electrons. The minimum Gasteiger partial charge on any atom is -0.378 e. The summed E-state index contributed by atoms with van der Waals surface area (Å²) in [5, 5.41) is 3.38. The van der Waals surface area contributed by atoms with E-state index in [4.69, 9.17) is 9.72 Å². The molecule has 2 atom stereocenters. The molecule has 0 spiro atoms. The van der Waals surface area contributed by atoms with Crippen LogP contribution in [0.5, 0.6) is 0 Å². The van der Waals surface area contributed by atoms with E-state index in [0.717, 1.165) is 58.2 Å². The largest absolute Gasteiger partial charge is 0.378 e. The lowest BCUT2D eigenvalue weighted by molar-refractivity contribution is -0.133. The van der Waals surface area contributed by atoms with E-state index in [0.29, 0.717) is 24.3 Å². The number of aromatic nitrogens is 1. The van der Waals surface area contributed by atoms with Crippen molar-refractivity contribution in [1.29, 1.82) is 0 Å². The number of nitrogens with zero attached hydrogens (tertiary/aromatic N) is 2. The van der Waals surface area contributed by atoms with E-state index in [2.05, 4.69) is 17.2 Å². The molecule has 0 bridgehead atoms. The Hall–Kier alpha value is -0.940. The summed E-state index contributed by atoms with van der Waals surface area (Å²) in [6.45, 7) is 4.77. The number of carbonyl (C=O) groups excluding carboxylic acids is 1. The van der Waals surface area contributed by atoms with Gasteiger partial charge in [-0.05, 0) is 38.5 Å². The second kappa shape index (κ2) is 7.55. The standard InChI is InChI=1S/C17H26N2O2S/c1-2-14-12-22-17(18-14)13-5-3-9-19(11-13)16(20)8-7-15-6-4-10-21-15/h12-13,15H,2-11H2,1H3/t13-,15-/m1/s1. The van der Waals surface area contributed by atoms with Gasteiger partial charge >= 0.3 is 0 Å². The van der Waals surface area contributed by atoms with Crippen LogP contribution in [-0.4, -0.2) is 41.6 Å². The van der Waals surface area contributed by atoms with Gasteiger partial charge in [0.05, 0.1) is 16.8 Å². The Labute approximate surface area is 136 Å². The quantitative estimate of drug-likeness (QED) is 0.834. The number of thiazole rings is 1. The monoisotopic (exact) mass is 322 g/mol. The zero-order chi connectivity index (χ0) is 15.4. The lowest BCUT2D eigenvalue weighted by atomic mass is 9.98. The molecular formula is C17H26N2O2S. The van der Waals surface area contributed by atoms with Crippen molar-refractivity contribution < 1.29 is 9.53 Å². The van der Waals surface area contributed by atoms with Crippen LogP contribution < -0.4 is 0 Å². The molecule has 0 aliphatic carbocycles. The number of hydrogen-bond donors (Lipinski definition) is 0. The predicted octanol–water partition coefficient (Wildman–Crippen LogP) is 3.37. The zero-order valence-corrected chi connectivity index (χ0v) is 14.2. The third-order valence-electron chi connectivity index (χ3n) is 4.76. The van der Waals surface area contributed by atoms with Crippen LogP contribution in [-0.2, 0) is 16.0 Å². The van der Waals surface area contributed by atoms with Crippen molar-refractivity contribution in [3.05, 3.63) is 16.1 Å². The highest BCUT2D eigenvalue weighted by Gasteiger charge is 2.27. The Morgan fingerprint density at radius 2 is 2.36 bits per heavy atom. The minimum atomic E-state index is 0.299. The molecule has 0 saturated carbocycles. The van der Waals surface area contributed by atoms with Crippen LogP contribution in [0.25, 0.3) is 0 Å². The molecule has 0 aromatic carbocycles. The molecule has 0 N–H and O–H groups in total. The van der Waals surface area contributed by atoms with Gasteiger partial charge in [0.25, 0.3) is 0 Å². The number of amides is 1. The topological polar surface area (TPSA) is 42.4 Å². The zero-order valence-electron chi connectivity index (χ0n) is 13.4. The molecule has 1 aromatic heterocycles. The molecule has 4 nitrogen and oxygen atoms in total. The normalized spacial score (nSPS) is 25.6. The highest BCUT2D eigenvalue weighted by Crippen LogP contribution is 2.30. The van der Waals surface area contributed by atoms with E-state index in [-0.39, 0.29) is 0 Å². The fourth-order valence-corrected chi connectivity index (χ4v) is 4.42. The summed E-state index contributed by atoms with van der Waals surface area (Å²) in [7, 11) is 0. The van der Waals surface area contributed by atoms with Gasteiger partial charge in [0.1, 0.15) is 0 Å². The van der Waals surface area contributed by atoms with E-state index in [1.807, 2.05) is 0 Å². The van der Waals surface area contributed by atoms with Gasteiger partial charge in [-0.2, -0.15) is 0 Å². The molecular weight excluding hydrogens is 296 g/mol. The maximum atomic E-state index is 12.4. The van der Waals surface area contributed by atoms with Crippen LogP contribution in [0.2, 0.25) is 0 Å². The first-order valence-electron chi connectivity index (χ1n) is 8.60. The van der Waals surface area contributed by atoms with E-state index in [1.54, 1.807) is 11.3 Å². The Morgan fingerprint density at radius 3 is 3.09 bits per heavy atom. The van der Waals surface area contributed by atoms with Gasteiger partial charge in [-0.3, -0.25) is 4.79 Å². The number of likely N-dealkylation sites (tertiary alicyclic amines) is 1. The first kappa shape index (κ1) is 15.9. The van der Waals surface area contributed by atoms with Gasteiger partial charge in [0, 0.05) is 37.4 Å². The van der Waals surface area contributed by atoms with Crippen molar-refractivity contribution in [2.45, 2.75) is 63.9 Å². The lowest BCUT2D eigenvalue weighted by Crippen LogP contribution is -2.39. The fourth-order valence-electron chi connectivity index (χ4n) is 3.39. The molecule has 2 aliphatic heterocycles. The SMILES string of the molecule is CCc1csc([C@@H]2CCCN(C(=O)CC[C@H]3CCCO3)C2)n1. The molecule has 0 unspecified atom stereocenters. The van der Waals surface area contributed by atoms with Crippen molar-refractivity contribution in [2.24, 2.45) is 0 Å². The maximum Gasteiger partial charge on any atom is 0.222 e. The molecule has 5 heteroatoms. The van der Waals surface area contributed by atoms with E-state index in [1.165, 1.54) is 10.7 Å². The van der Waals surface area contributed by atoms with Gasteiger partial charge in [-0.1, -0.05) is 6.92 Å². The number of hydrogen-bond acceptors (Lipinski definition) is 4. The van der Waals surface area contributed by atoms with Gasteiger partial charge in [-0.15, -0.1) is 11.3 Å². The van der Waals surface area contributed by atoms with Crippen LogP contribution in [0.4, 0.5) is 0 Å². The fraction of sp³-hybridized carbons (Fsp3) is 0.765. The average molecular weight is 322 g/mol. The second-order valence-electron chi connectivity index (χ2n) is 6.38. The smallest absolute Gasteiger partial charge is 0.222 e. The molecule has 2 saturated heterocycles. The minimum absolute atomic E-state index is 0.299. The molecule has 2 fully saturated rings. The van der Waals surface area contributed by atoms with Crippen LogP contribution >= 0.6 is 11.3 Å². The number of aryl methyl sites for hydroxylation is 1. The van der Waals surface area contributed by atoms with Gasteiger partial charge in [-0.25, -0.2) is 4.98 Å². The highest BCUT2D eigenvalue weighted by atomic mass is 32.1. The van der Waals surface area contributed by atoms with Crippen molar-refractivity contribution in [3.63, 3.8) is 0 Å². The Kier molecular flexibility index (Phi) is 5.47. The summed E-state index contributed by atoms with van der Waals surface area (Å²) in [6.07, 6.45) is 7.35. The van der Waals surface area contributed by atoms with Crippen molar-refractivity contribution >= 4 is 17.2 Å². The third-order valence-corrected chi connectivity index (χ3v) is 5.82. The molecule has 122 valence electrons. The van der Waals surface area contributed by atoms with Crippen LogP contribution in [0.15, 0.2) is 5.38 Å². The van der Waals surface area contributed by atoms with Gasteiger partial charge in [0.2, 0.25) is 5.91 Å². The molecule has 3 heterocycles. The van der Waals surface area contributed by atoms with Crippen molar-refractivity contribution in [1.82, 2.24) is 9.88 Å². The van der Waals surface area contributed by atoms with Gasteiger partial charge < -0.3 is 9.64 Å². The number of carbonyl (C=O) groups is 1. The maximum absolute atomic E-state index is 12.4. The first-order valence-corrected chi connectivity index (χ1v) is 9.48. The number of rotatable bonds is 5. The second-order valence-corrected chi connectivity index (χ2v) is 7.27. The first-order chi connectivity index (χ1) is 10.8. The van der Waals surface area contributed by atoms with Crippen LogP contribution in [0, 0.1) is 0 Å². The molecule has 2 aliphatic rings. The number of ether oxygens (including phenoxy) is 1. The summed E-state index contributed by atoms with van der Waals surface area (Å²) in [5.74, 6) is 0.734. The summed E-state index contributed by atoms with van der Waals surface area (Å²) >= 11 is 1.76. The van der Waals surface area contributed by atoms with Crippen molar-refractivity contribution in [2.75, 3.05) is 19.7 Å². The average Bonchev–Trinajstić information content (AvgIpc) is 3.24.